The fourth-order valence-electron chi connectivity index (χ4n) is 1.82. The maximum absolute atomic E-state index is 11.0. The van der Waals surface area contributed by atoms with E-state index in [9.17, 15) is 8.42 Å². The van der Waals surface area contributed by atoms with E-state index >= 15 is 0 Å². The van der Waals surface area contributed by atoms with E-state index in [0.29, 0.717) is 11.7 Å². The molecule has 0 amide bonds. The lowest BCUT2D eigenvalue weighted by Crippen LogP contribution is -2.10. The smallest absolute Gasteiger partial charge is 0.147 e. The van der Waals surface area contributed by atoms with E-state index in [1.54, 1.807) is 0 Å². The monoisotopic (exact) mass is 318 g/mol. The van der Waals surface area contributed by atoms with Crippen molar-refractivity contribution in [3.05, 3.63) is 35.9 Å². The Hall–Kier alpha value is -0.350. The van der Waals surface area contributed by atoms with E-state index in [1.165, 1.54) is 11.8 Å². The first-order valence-corrected chi connectivity index (χ1v) is 8.97. The molecule has 96 valence electrons. The summed E-state index contributed by atoms with van der Waals surface area (Å²) in [5.41, 5.74) is 1.32. The molecule has 0 saturated carbocycles. The molecule has 1 unspecified atom stereocenters. The molecule has 0 spiro atoms. The highest BCUT2D eigenvalue weighted by molar-refractivity contribution is 9.09. The van der Waals surface area contributed by atoms with Gasteiger partial charge < -0.3 is 0 Å². The first kappa shape index (κ1) is 14.7. The first-order valence-electron chi connectivity index (χ1n) is 5.79. The summed E-state index contributed by atoms with van der Waals surface area (Å²) in [6.45, 7) is 0. The molecule has 1 atom stereocenters. The largest absolute Gasteiger partial charge is 0.229 e. The number of sulfone groups is 1. The minimum atomic E-state index is -2.82. The van der Waals surface area contributed by atoms with E-state index in [-0.39, 0.29) is 0 Å². The third-order valence-electron chi connectivity index (χ3n) is 2.71. The summed E-state index contributed by atoms with van der Waals surface area (Å²) in [5, 5.41) is 0.922. The van der Waals surface area contributed by atoms with Gasteiger partial charge in [-0.15, -0.1) is 0 Å². The summed E-state index contributed by atoms with van der Waals surface area (Å²) in [6.07, 6.45) is 4.01. The number of hydrogen-bond donors (Lipinski definition) is 0. The molecule has 1 rings (SSSR count). The van der Waals surface area contributed by atoms with Gasteiger partial charge in [0.2, 0.25) is 0 Å². The van der Waals surface area contributed by atoms with Crippen LogP contribution in [0.3, 0.4) is 0 Å². The Bertz CT molecular complexity index is 414. The van der Waals surface area contributed by atoms with Crippen LogP contribution in [-0.4, -0.2) is 25.8 Å². The van der Waals surface area contributed by atoms with Gasteiger partial charge >= 0.3 is 0 Å². The molecule has 0 aliphatic carbocycles. The zero-order chi connectivity index (χ0) is 12.7. The lowest BCUT2D eigenvalue weighted by molar-refractivity contribution is 0.529. The SMILES string of the molecule is CS(=O)(=O)CCCC(CBr)Cc1ccccc1. The normalized spacial score (nSPS) is 13.5. The molecule has 0 aromatic heterocycles. The minimum Gasteiger partial charge on any atom is -0.229 e. The van der Waals surface area contributed by atoms with Crippen molar-refractivity contribution >= 4 is 25.8 Å². The van der Waals surface area contributed by atoms with Gasteiger partial charge in [0.1, 0.15) is 9.84 Å². The van der Waals surface area contributed by atoms with Gasteiger partial charge in [0, 0.05) is 17.3 Å². The van der Waals surface area contributed by atoms with Crippen LogP contribution < -0.4 is 0 Å². The third kappa shape index (κ3) is 6.84. The highest BCUT2D eigenvalue weighted by atomic mass is 79.9. The van der Waals surface area contributed by atoms with Gasteiger partial charge in [-0.05, 0) is 30.7 Å². The number of hydrogen-bond acceptors (Lipinski definition) is 2. The van der Waals surface area contributed by atoms with Gasteiger partial charge in [0.05, 0.1) is 0 Å². The van der Waals surface area contributed by atoms with Crippen molar-refractivity contribution in [2.45, 2.75) is 19.3 Å². The Balaban J connectivity index is 2.39. The molecular formula is C13H19BrO2S. The van der Waals surface area contributed by atoms with Gasteiger partial charge in [-0.25, -0.2) is 8.42 Å². The quantitative estimate of drug-likeness (QED) is 0.724. The molecule has 0 bridgehead atoms. The molecule has 2 nitrogen and oxygen atoms in total. The molecule has 0 aliphatic heterocycles. The average molecular weight is 319 g/mol. The third-order valence-corrected chi connectivity index (χ3v) is 4.66. The topological polar surface area (TPSA) is 34.1 Å². The van der Waals surface area contributed by atoms with Crippen LogP contribution in [0.5, 0.6) is 0 Å². The van der Waals surface area contributed by atoms with Crippen molar-refractivity contribution in [1.82, 2.24) is 0 Å². The van der Waals surface area contributed by atoms with Gasteiger partial charge in [-0.2, -0.15) is 0 Å². The Morgan fingerprint density at radius 3 is 2.41 bits per heavy atom. The van der Waals surface area contributed by atoms with E-state index in [1.807, 2.05) is 18.2 Å². The number of rotatable bonds is 7. The molecule has 0 aliphatic rings. The fraction of sp³-hybridized carbons (Fsp3) is 0.538. The molecule has 0 saturated heterocycles. The zero-order valence-corrected chi connectivity index (χ0v) is 12.5. The standard InChI is InChI=1S/C13H19BrO2S/c1-17(15,16)9-5-8-13(11-14)10-12-6-3-2-4-7-12/h2-4,6-7,13H,5,8-11H2,1H3. The second-order valence-electron chi connectivity index (χ2n) is 4.48. The summed E-state index contributed by atoms with van der Waals surface area (Å²) in [7, 11) is -2.82. The highest BCUT2D eigenvalue weighted by Gasteiger charge is 2.10. The van der Waals surface area contributed by atoms with Crippen molar-refractivity contribution in [3.8, 4) is 0 Å². The Morgan fingerprint density at radius 2 is 1.88 bits per heavy atom. The van der Waals surface area contributed by atoms with Crippen LogP contribution in [0.1, 0.15) is 18.4 Å². The molecule has 17 heavy (non-hydrogen) atoms. The molecule has 4 heteroatoms. The van der Waals surface area contributed by atoms with Gasteiger partial charge in [0.15, 0.2) is 0 Å². The second kappa shape index (κ2) is 7.17. The molecule has 0 fully saturated rings. The van der Waals surface area contributed by atoms with Crippen molar-refractivity contribution in [1.29, 1.82) is 0 Å². The van der Waals surface area contributed by atoms with Crippen LogP contribution >= 0.6 is 15.9 Å². The molecule has 1 aromatic rings. The summed E-state index contributed by atoms with van der Waals surface area (Å²) >= 11 is 3.50. The predicted octanol–water partition coefficient (Wildman–Crippen LogP) is 3.07. The maximum atomic E-state index is 11.0. The lowest BCUT2D eigenvalue weighted by atomic mass is 9.97. The van der Waals surface area contributed by atoms with Crippen molar-refractivity contribution in [2.24, 2.45) is 5.92 Å². The molecule has 1 aromatic carbocycles. The van der Waals surface area contributed by atoms with Crippen molar-refractivity contribution < 1.29 is 8.42 Å². The van der Waals surface area contributed by atoms with Crippen LogP contribution in [0, 0.1) is 5.92 Å². The average Bonchev–Trinajstić information content (AvgIpc) is 2.27. The van der Waals surface area contributed by atoms with Crippen LogP contribution in [0.4, 0.5) is 0 Å². The Labute approximate surface area is 112 Å². The molecular weight excluding hydrogens is 300 g/mol. The minimum absolute atomic E-state index is 0.297. The zero-order valence-electron chi connectivity index (χ0n) is 10.1. The highest BCUT2D eigenvalue weighted by Crippen LogP contribution is 2.17. The number of benzene rings is 1. The van der Waals surface area contributed by atoms with E-state index in [4.69, 9.17) is 0 Å². The summed E-state index contributed by atoms with van der Waals surface area (Å²) in [6, 6.07) is 10.3. The van der Waals surface area contributed by atoms with Gasteiger partial charge in [-0.3, -0.25) is 0 Å². The van der Waals surface area contributed by atoms with Crippen LogP contribution in [0.25, 0.3) is 0 Å². The van der Waals surface area contributed by atoms with E-state index in [0.717, 1.165) is 24.6 Å². The van der Waals surface area contributed by atoms with Gasteiger partial charge in [0.25, 0.3) is 0 Å². The van der Waals surface area contributed by atoms with E-state index < -0.39 is 9.84 Å². The Kier molecular flexibility index (Phi) is 6.20. The fourth-order valence-corrected chi connectivity index (χ4v) is 3.06. The summed E-state index contributed by atoms with van der Waals surface area (Å²) < 4.78 is 22.1. The molecule has 0 radical (unpaired) electrons. The van der Waals surface area contributed by atoms with Crippen molar-refractivity contribution in [3.63, 3.8) is 0 Å². The summed E-state index contributed by atoms with van der Waals surface area (Å²) in [5.74, 6) is 0.810. The molecule has 0 heterocycles. The number of alkyl halides is 1. The van der Waals surface area contributed by atoms with Gasteiger partial charge in [-0.1, -0.05) is 46.3 Å². The summed E-state index contributed by atoms with van der Waals surface area (Å²) in [4.78, 5) is 0. The molecule has 0 N–H and O–H groups in total. The van der Waals surface area contributed by atoms with Crippen LogP contribution in [0.15, 0.2) is 30.3 Å². The Morgan fingerprint density at radius 1 is 1.24 bits per heavy atom. The lowest BCUT2D eigenvalue weighted by Gasteiger charge is -2.13. The van der Waals surface area contributed by atoms with Crippen molar-refractivity contribution in [2.75, 3.05) is 17.3 Å². The maximum Gasteiger partial charge on any atom is 0.147 e. The predicted molar refractivity (Wildman–Crippen MR) is 76.4 cm³/mol. The first-order chi connectivity index (χ1) is 8.01. The second-order valence-corrected chi connectivity index (χ2v) is 7.39. The van der Waals surface area contributed by atoms with E-state index in [2.05, 4.69) is 28.1 Å². The van der Waals surface area contributed by atoms with Crippen LogP contribution in [-0.2, 0) is 16.3 Å². The number of halogens is 1. The van der Waals surface area contributed by atoms with Crippen LogP contribution in [0.2, 0.25) is 0 Å².